The van der Waals surface area contributed by atoms with Gasteiger partial charge in [0.15, 0.2) is 5.82 Å². The summed E-state index contributed by atoms with van der Waals surface area (Å²) in [6.07, 6.45) is 3.59. The van der Waals surface area contributed by atoms with Crippen molar-refractivity contribution in [2.45, 2.75) is 25.3 Å². The van der Waals surface area contributed by atoms with E-state index in [1.54, 1.807) is 18.7 Å². The Morgan fingerprint density at radius 3 is 2.95 bits per heavy atom. The van der Waals surface area contributed by atoms with E-state index < -0.39 is 4.92 Å². The summed E-state index contributed by atoms with van der Waals surface area (Å²) in [5, 5.41) is 16.5. The fourth-order valence-corrected chi connectivity index (χ4v) is 2.57. The molecule has 2 N–H and O–H groups in total. The lowest BCUT2D eigenvalue weighted by Crippen LogP contribution is -2.33. The highest BCUT2D eigenvalue weighted by Crippen LogP contribution is 2.28. The first kappa shape index (κ1) is 14.1. The molecule has 108 valence electrons. The van der Waals surface area contributed by atoms with Crippen LogP contribution in [0.15, 0.2) is 28.9 Å². The lowest BCUT2D eigenvalue weighted by atomic mass is 9.91. The van der Waals surface area contributed by atoms with Crippen LogP contribution in [0.2, 0.25) is 0 Å². The fraction of sp³-hybridized carbons (Fsp3) is 0.462. The van der Waals surface area contributed by atoms with E-state index in [9.17, 15) is 14.9 Å². The number of aromatic nitrogens is 1. The summed E-state index contributed by atoms with van der Waals surface area (Å²) in [7, 11) is 3.39. The summed E-state index contributed by atoms with van der Waals surface area (Å²) in [6, 6.07) is 3.33. The second-order valence-corrected chi connectivity index (χ2v) is 4.80. The van der Waals surface area contributed by atoms with E-state index >= 15 is 0 Å². The average molecular weight is 278 g/mol. The second-order valence-electron chi connectivity index (χ2n) is 4.80. The van der Waals surface area contributed by atoms with Crippen LogP contribution in [0.4, 0.5) is 0 Å². The van der Waals surface area contributed by atoms with Gasteiger partial charge < -0.3 is 15.2 Å². The highest BCUT2D eigenvalue weighted by Gasteiger charge is 2.23. The van der Waals surface area contributed by atoms with Gasteiger partial charge in [-0.25, -0.2) is 0 Å². The fourth-order valence-electron chi connectivity index (χ4n) is 2.57. The van der Waals surface area contributed by atoms with Crippen LogP contribution < -0.4 is 16.2 Å². The predicted octanol–water partition coefficient (Wildman–Crippen LogP) is 0.647. The van der Waals surface area contributed by atoms with Gasteiger partial charge >= 0.3 is 0 Å². The van der Waals surface area contributed by atoms with E-state index in [1.807, 2.05) is 6.07 Å². The molecule has 0 fully saturated rings. The topological polar surface area (TPSA) is 89.2 Å². The van der Waals surface area contributed by atoms with Crippen molar-refractivity contribution in [3.63, 3.8) is 0 Å². The van der Waals surface area contributed by atoms with Crippen molar-refractivity contribution < 1.29 is 4.92 Å². The highest BCUT2D eigenvalue weighted by atomic mass is 16.6. The van der Waals surface area contributed by atoms with Gasteiger partial charge in [0.25, 0.3) is 6.20 Å². The number of hydrogen-bond donors (Lipinski definition) is 2. The Kier molecular flexibility index (Phi) is 4.07. The van der Waals surface area contributed by atoms with Gasteiger partial charge in [0.1, 0.15) is 0 Å². The maximum absolute atomic E-state index is 11.7. The van der Waals surface area contributed by atoms with E-state index in [1.165, 1.54) is 6.07 Å². The summed E-state index contributed by atoms with van der Waals surface area (Å²) in [5.74, 6) is 0.363. The molecule has 20 heavy (non-hydrogen) atoms. The van der Waals surface area contributed by atoms with Crippen LogP contribution in [0.3, 0.4) is 0 Å². The quantitative estimate of drug-likeness (QED) is 0.623. The van der Waals surface area contributed by atoms with Crippen LogP contribution in [0.1, 0.15) is 30.1 Å². The first-order chi connectivity index (χ1) is 9.52. The Hall–Kier alpha value is -2.31. The van der Waals surface area contributed by atoms with Crippen LogP contribution in [0, 0.1) is 10.1 Å². The molecule has 0 bridgehead atoms. The first-order valence-electron chi connectivity index (χ1n) is 6.51. The molecular weight excluding hydrogens is 260 g/mol. The summed E-state index contributed by atoms with van der Waals surface area (Å²) in [4.78, 5) is 21.7. The molecule has 1 atom stereocenters. The molecule has 0 saturated heterocycles. The van der Waals surface area contributed by atoms with Crippen LogP contribution in [0.25, 0.3) is 0 Å². The molecular formula is C13H18N4O3. The van der Waals surface area contributed by atoms with Crippen molar-refractivity contribution >= 4 is 0 Å². The Morgan fingerprint density at radius 1 is 1.55 bits per heavy atom. The standard InChI is InChI=1S/C13H18N4O3/c1-14-12(8-17(19)20)15-10-4-3-5-11-9(10)6-7-13(18)16(11)2/h6-8,10,14-15H,3-5H2,1-2H3/b12-8+. The Morgan fingerprint density at radius 2 is 2.30 bits per heavy atom. The minimum atomic E-state index is -0.497. The van der Waals surface area contributed by atoms with Crippen molar-refractivity contribution in [3.05, 3.63) is 55.9 Å². The number of hydrogen-bond acceptors (Lipinski definition) is 5. The SMILES string of the molecule is CN/C(=C\[N+](=O)[O-])NC1CCCc2c1ccc(=O)n2C. The molecule has 2 rings (SSSR count). The minimum absolute atomic E-state index is 0.0239. The third kappa shape index (κ3) is 2.81. The van der Waals surface area contributed by atoms with Crippen molar-refractivity contribution in [2.24, 2.45) is 7.05 Å². The molecule has 0 radical (unpaired) electrons. The maximum Gasteiger partial charge on any atom is 0.274 e. The highest BCUT2D eigenvalue weighted by molar-refractivity contribution is 5.28. The zero-order chi connectivity index (χ0) is 14.7. The van der Waals surface area contributed by atoms with Gasteiger partial charge in [-0.05, 0) is 30.9 Å². The lowest BCUT2D eigenvalue weighted by Gasteiger charge is -2.28. The molecule has 0 saturated carbocycles. The summed E-state index contributed by atoms with van der Waals surface area (Å²) in [5.41, 5.74) is 2.00. The normalized spacial score (nSPS) is 18.3. The largest absolute Gasteiger partial charge is 0.370 e. The molecule has 1 aliphatic rings. The Labute approximate surface area is 116 Å². The number of pyridine rings is 1. The molecule has 1 heterocycles. The first-order valence-corrected chi connectivity index (χ1v) is 6.51. The van der Waals surface area contributed by atoms with Gasteiger partial charge in [-0.1, -0.05) is 0 Å². The van der Waals surface area contributed by atoms with E-state index in [0.29, 0.717) is 5.82 Å². The Balaban J connectivity index is 2.31. The second kappa shape index (κ2) is 5.77. The molecule has 0 aromatic carbocycles. The molecule has 0 amide bonds. The molecule has 1 aromatic rings. The molecule has 1 aliphatic carbocycles. The lowest BCUT2D eigenvalue weighted by molar-refractivity contribution is -0.404. The Bertz CT molecular complexity index is 606. The van der Waals surface area contributed by atoms with Crippen molar-refractivity contribution in [3.8, 4) is 0 Å². The third-order valence-corrected chi connectivity index (χ3v) is 3.59. The molecule has 0 spiro atoms. The van der Waals surface area contributed by atoms with Gasteiger partial charge in [0, 0.05) is 25.9 Å². The van der Waals surface area contributed by atoms with Gasteiger partial charge in [-0.15, -0.1) is 0 Å². The van der Waals surface area contributed by atoms with Crippen molar-refractivity contribution in [1.29, 1.82) is 0 Å². The van der Waals surface area contributed by atoms with E-state index in [0.717, 1.165) is 36.7 Å². The number of fused-ring (bicyclic) bond motifs is 1. The predicted molar refractivity (Wildman–Crippen MR) is 74.6 cm³/mol. The zero-order valence-corrected chi connectivity index (χ0v) is 11.5. The summed E-state index contributed by atoms with van der Waals surface area (Å²) < 4.78 is 1.65. The summed E-state index contributed by atoms with van der Waals surface area (Å²) >= 11 is 0. The van der Waals surface area contributed by atoms with Crippen LogP contribution in [-0.4, -0.2) is 16.5 Å². The molecule has 7 heteroatoms. The summed E-state index contributed by atoms with van der Waals surface area (Å²) in [6.45, 7) is 0. The molecule has 1 aromatic heterocycles. The number of nitro groups is 1. The van der Waals surface area contributed by atoms with Gasteiger partial charge in [-0.3, -0.25) is 14.9 Å². The minimum Gasteiger partial charge on any atom is -0.370 e. The number of rotatable bonds is 4. The number of nitrogens with zero attached hydrogens (tertiary/aromatic N) is 2. The number of nitrogens with one attached hydrogen (secondary N) is 2. The van der Waals surface area contributed by atoms with Crippen molar-refractivity contribution in [1.82, 2.24) is 15.2 Å². The van der Waals surface area contributed by atoms with Gasteiger partial charge in [0.2, 0.25) is 5.56 Å². The van der Waals surface area contributed by atoms with E-state index in [-0.39, 0.29) is 11.6 Å². The smallest absolute Gasteiger partial charge is 0.274 e. The zero-order valence-electron chi connectivity index (χ0n) is 11.5. The molecule has 0 aliphatic heterocycles. The van der Waals surface area contributed by atoms with Gasteiger partial charge in [-0.2, -0.15) is 0 Å². The van der Waals surface area contributed by atoms with Crippen LogP contribution >= 0.6 is 0 Å². The molecule has 1 unspecified atom stereocenters. The van der Waals surface area contributed by atoms with Gasteiger partial charge in [0.05, 0.1) is 11.0 Å². The van der Waals surface area contributed by atoms with Crippen LogP contribution in [0.5, 0.6) is 0 Å². The molecule has 7 nitrogen and oxygen atoms in total. The maximum atomic E-state index is 11.7. The van der Waals surface area contributed by atoms with Crippen LogP contribution in [-0.2, 0) is 13.5 Å². The third-order valence-electron chi connectivity index (χ3n) is 3.59. The van der Waals surface area contributed by atoms with E-state index in [2.05, 4.69) is 10.6 Å². The monoisotopic (exact) mass is 278 g/mol. The van der Waals surface area contributed by atoms with E-state index in [4.69, 9.17) is 0 Å². The van der Waals surface area contributed by atoms with Crippen molar-refractivity contribution in [2.75, 3.05) is 7.05 Å². The average Bonchev–Trinajstić information content (AvgIpc) is 2.42.